The third-order valence-electron chi connectivity index (χ3n) is 22.6. The predicted molar refractivity (Wildman–Crippen MR) is 496 cm³/mol. The number of rotatable bonds is 20. The van der Waals surface area contributed by atoms with Crippen LogP contribution in [0.1, 0.15) is 38.9 Å². The first-order valence-corrected chi connectivity index (χ1v) is 42.4. The first-order chi connectivity index (χ1) is 65.8. The molecule has 7 heterocycles. The molecular formula is C103H85FN12O21. The fourth-order valence-electron chi connectivity index (χ4n) is 15.6. The Morgan fingerprint density at radius 2 is 0.730 bits per heavy atom. The highest BCUT2D eigenvalue weighted by atomic mass is 19.1. The molecule has 5 aliphatic rings. The fourth-order valence-corrected chi connectivity index (χ4v) is 15.6. The van der Waals surface area contributed by atoms with E-state index in [-0.39, 0.29) is 78.8 Å². The topological polar surface area (TPSA) is 442 Å². The Labute approximate surface area is 781 Å². The van der Waals surface area contributed by atoms with Crippen LogP contribution in [0.2, 0.25) is 0 Å². The van der Waals surface area contributed by atoms with Gasteiger partial charge in [-0.2, -0.15) is 0 Å². The van der Waals surface area contributed by atoms with Gasteiger partial charge in [0.25, 0.3) is 59.1 Å². The number of methoxy groups -OCH3 is 1. The van der Waals surface area contributed by atoms with E-state index in [4.69, 9.17) is 4.74 Å². The number of carbonyl (C=O) groups is 15. The summed E-state index contributed by atoms with van der Waals surface area (Å²) in [6.07, 6.45) is 3.22. The summed E-state index contributed by atoms with van der Waals surface area (Å²) in [4.78, 5) is 207. The monoisotopic (exact) mass is 1840 g/mol. The Balaban J connectivity index is 0.000000137. The summed E-state index contributed by atoms with van der Waals surface area (Å²) in [6, 6.07) is 86.3. The van der Waals surface area contributed by atoms with E-state index in [9.17, 15) is 102 Å². The van der Waals surface area contributed by atoms with Gasteiger partial charge in [0.1, 0.15) is 11.6 Å². The summed E-state index contributed by atoms with van der Waals surface area (Å²) >= 11 is 0. The number of aryl methyl sites for hydroxylation is 1. The van der Waals surface area contributed by atoms with Crippen LogP contribution in [0.5, 0.6) is 0 Å². The zero-order chi connectivity index (χ0) is 97.5. The van der Waals surface area contributed by atoms with Crippen LogP contribution in [-0.2, 0) is 90.5 Å². The van der Waals surface area contributed by atoms with E-state index in [1.165, 1.54) is 68.2 Å². The van der Waals surface area contributed by atoms with Gasteiger partial charge in [0.05, 0.1) is 48.1 Å². The Hall–Kier alpha value is -17.3. The quantitative estimate of drug-likeness (QED) is 0.0349. The van der Waals surface area contributed by atoms with Crippen LogP contribution in [0.4, 0.5) is 62.6 Å². The van der Waals surface area contributed by atoms with Crippen molar-refractivity contribution in [3.8, 4) is 0 Å². The summed E-state index contributed by atoms with van der Waals surface area (Å²) in [7, 11) is 1.44. The van der Waals surface area contributed by atoms with Gasteiger partial charge in [-0.1, -0.05) is 237 Å². The van der Waals surface area contributed by atoms with Gasteiger partial charge in [-0.05, 0) is 148 Å². The third-order valence-corrected chi connectivity index (χ3v) is 22.6. The number of nitrogens with zero attached hydrogens (tertiary/aromatic N) is 10. The number of hydrogen-bond donors (Lipinski definition) is 7. The molecule has 0 bridgehead atoms. The predicted octanol–water partition coefficient (Wildman–Crippen LogP) is 10.7. The number of fused-ring (bicyclic) bond motifs is 1. The third kappa shape index (κ3) is 19.8. The van der Waals surface area contributed by atoms with Gasteiger partial charge in [-0.25, -0.2) is 62.7 Å². The number of nitrogens with one attached hydrogen (secondary N) is 2. The van der Waals surface area contributed by atoms with Gasteiger partial charge >= 0.3 is 30.2 Å². The average molecular weight is 1850 g/mol. The maximum Gasteiger partial charge on any atom is 0.344 e. The minimum Gasteiger partial charge on any atom is -0.383 e. The van der Waals surface area contributed by atoms with Crippen molar-refractivity contribution < 1.29 is 107 Å². The summed E-state index contributed by atoms with van der Waals surface area (Å²) in [5.41, 5.74) is -7.12. The Bertz CT molecular complexity index is 6690. The van der Waals surface area contributed by atoms with Gasteiger partial charge in [-0.15, -0.1) is 0 Å². The molecule has 20 amide bonds. The molecule has 13 aromatic rings. The Morgan fingerprint density at radius 1 is 0.336 bits per heavy atom. The molecule has 7 N–H and O–H groups in total. The van der Waals surface area contributed by atoms with Crippen LogP contribution < -0.4 is 40.0 Å². The first kappa shape index (κ1) is 95.8. The number of barbiturate groups is 5. The fraction of sp³-hybridized carbons (Fsp3) is 0.136. The minimum atomic E-state index is -2.52. The SMILES string of the molecule is COCCN1C(=O)N(c2ccccc2)C(=O)C(O)(Cc2ccccc2)C1=O.Cc1cccc(N2C(=O)NC(=O)C(O)(c3ccccc3)C2=O)c1.O=C1N(Cc2ccccc2)C(=O)C(O)(Cc2ccc(F)cc2)C(=O)N1c1ccccc1.O=C1N(c2ccccc2)C(=O)C(O)(Cc2ccncc2)C(=O)N1c1ccccn1.O=C1NC(=O)C(O)(Cc2cccc3ccccc23)C(=O)N1c1ccccc1. The molecular weight excluding hydrogens is 1760 g/mol. The molecule has 18 rings (SSSR count). The zero-order valence-electron chi connectivity index (χ0n) is 73.1. The lowest BCUT2D eigenvalue weighted by atomic mass is 9.88. The lowest BCUT2D eigenvalue weighted by Crippen LogP contribution is -2.70. The average Bonchev–Trinajstić information content (AvgIpc) is 0.763. The number of anilines is 6. The van der Waals surface area contributed by atoms with Crippen LogP contribution in [0, 0.1) is 12.7 Å². The standard InChI is InChI=1S/C24H19FN2O4.C21H16N4O4.C21H16N2O4.C20H20N2O5.C17H14N2O4/c25-19-13-11-17(12-14-19)15-24(31)21(28)26(16-18-7-3-1-4-8-18)23(30)27(22(24)29)20-9-5-2-6-10-20;26-18-21(29,14-15-9-12-22-13-10-15)19(27)25(17-8-4-5-11-23-17)20(28)24(18)16-6-2-1-3-7-16;24-18-21(27,13-15-9-6-8-14-7-4-5-12-17(14)15)19(25)23(20(26)22-18)16-10-2-1-3-11-16;1-27-13-12-21-17(23)20(26,14-15-8-4-2-5-9-15)18(24)22(19(21)25)16-10-6-3-7-11-16;1-11-6-5-9-13(10-11)19-15(21)17(23,14(20)18-16(19)22)12-7-3-2-4-8-12/h1-14,31H,15-16H2;1-13,29H,14H2;1-12,27H,13H2,(H,22,24,26);2-11,26H,12-14H2,1H3;2-10,23H,1H3,(H,18,20,22). The molecule has 0 radical (unpaired) electrons. The van der Waals surface area contributed by atoms with E-state index in [1.807, 2.05) is 48.6 Å². The molecule has 690 valence electrons. The molecule has 34 heteroatoms. The van der Waals surface area contributed by atoms with Crippen LogP contribution in [0.25, 0.3) is 10.8 Å². The molecule has 33 nitrogen and oxygen atoms in total. The number of aliphatic hydroxyl groups is 5. The smallest absolute Gasteiger partial charge is 0.344 e. The summed E-state index contributed by atoms with van der Waals surface area (Å²) in [5.74, 6) is -10.5. The molecule has 0 spiro atoms. The van der Waals surface area contributed by atoms with Gasteiger partial charge in [0.15, 0.2) is 0 Å². The normalized spacial score (nSPS) is 20.0. The second-order valence-electron chi connectivity index (χ2n) is 31.7. The number of urea groups is 5. The van der Waals surface area contributed by atoms with E-state index in [2.05, 4.69) is 15.3 Å². The van der Waals surface area contributed by atoms with Crippen molar-refractivity contribution >= 4 is 134 Å². The molecule has 5 aliphatic heterocycles. The van der Waals surface area contributed by atoms with Crippen LogP contribution >= 0.6 is 0 Å². The van der Waals surface area contributed by atoms with Gasteiger partial charge in [0, 0.05) is 56.9 Å². The van der Waals surface area contributed by atoms with Crippen molar-refractivity contribution in [2.45, 2.75) is 67.2 Å². The lowest BCUT2D eigenvalue weighted by Gasteiger charge is -2.41. The second kappa shape index (κ2) is 41.2. The van der Waals surface area contributed by atoms with Gasteiger partial charge in [0.2, 0.25) is 28.0 Å². The zero-order valence-corrected chi connectivity index (χ0v) is 73.1. The largest absolute Gasteiger partial charge is 0.383 e. The number of para-hydroxylation sites is 4. The number of hydrogen-bond acceptors (Lipinski definition) is 23. The number of pyridine rings is 2. The van der Waals surface area contributed by atoms with Crippen LogP contribution in [0.15, 0.2) is 352 Å². The van der Waals surface area contributed by atoms with E-state index < -0.39 is 129 Å². The molecule has 5 saturated heterocycles. The van der Waals surface area contributed by atoms with Crippen molar-refractivity contribution in [3.05, 3.63) is 397 Å². The molecule has 2 aromatic heterocycles. The Kier molecular flexibility index (Phi) is 28.8. The summed E-state index contributed by atoms with van der Waals surface area (Å²) in [6.45, 7) is 1.73. The van der Waals surface area contributed by atoms with Crippen molar-refractivity contribution in [3.63, 3.8) is 0 Å². The molecule has 11 aromatic carbocycles. The minimum absolute atomic E-state index is 0.0177. The van der Waals surface area contributed by atoms with Crippen molar-refractivity contribution in [1.82, 2.24) is 30.4 Å². The molecule has 0 saturated carbocycles. The molecule has 0 aliphatic carbocycles. The maximum absolute atomic E-state index is 13.3. The summed E-state index contributed by atoms with van der Waals surface area (Å²) < 4.78 is 18.3. The molecule has 5 atom stereocenters. The number of imide groups is 10. The van der Waals surface area contributed by atoms with E-state index in [1.54, 1.807) is 255 Å². The van der Waals surface area contributed by atoms with Crippen molar-refractivity contribution in [2.75, 3.05) is 49.7 Å². The van der Waals surface area contributed by atoms with E-state index in [0.717, 1.165) is 55.5 Å². The highest BCUT2D eigenvalue weighted by Crippen LogP contribution is 2.38. The molecule has 137 heavy (non-hydrogen) atoms. The highest BCUT2D eigenvalue weighted by molar-refractivity contribution is 6.40. The first-order valence-electron chi connectivity index (χ1n) is 42.4. The second-order valence-corrected chi connectivity index (χ2v) is 31.7. The van der Waals surface area contributed by atoms with Crippen molar-refractivity contribution in [1.29, 1.82) is 0 Å². The maximum atomic E-state index is 13.3. The number of benzene rings is 11. The number of aromatic nitrogens is 2. The van der Waals surface area contributed by atoms with Crippen LogP contribution in [-0.4, -0.2) is 177 Å². The number of carbonyl (C=O) groups excluding carboxylic acids is 15. The van der Waals surface area contributed by atoms with Gasteiger partial charge in [-0.3, -0.25) is 73.4 Å². The summed E-state index contributed by atoms with van der Waals surface area (Å²) in [5, 5.41) is 61.3. The van der Waals surface area contributed by atoms with E-state index in [0.29, 0.717) is 27.8 Å². The van der Waals surface area contributed by atoms with Crippen LogP contribution in [0.3, 0.4) is 0 Å². The number of amides is 20. The lowest BCUT2D eigenvalue weighted by molar-refractivity contribution is -0.161. The highest BCUT2D eigenvalue weighted by Gasteiger charge is 2.62. The Morgan fingerprint density at radius 3 is 1.24 bits per heavy atom. The molecule has 5 unspecified atom stereocenters. The van der Waals surface area contributed by atoms with Gasteiger partial charge < -0.3 is 30.3 Å². The molecule has 5 fully saturated rings. The van der Waals surface area contributed by atoms with Crippen molar-refractivity contribution in [2.24, 2.45) is 0 Å². The number of halogens is 1. The van der Waals surface area contributed by atoms with E-state index >= 15 is 0 Å². The number of ether oxygens (including phenoxy) is 1.